The van der Waals surface area contributed by atoms with Gasteiger partial charge in [-0.05, 0) is 26.0 Å². The van der Waals surface area contributed by atoms with Crippen LogP contribution in [0.3, 0.4) is 0 Å². The van der Waals surface area contributed by atoms with Gasteiger partial charge in [-0.25, -0.2) is 9.07 Å². The third-order valence-electron chi connectivity index (χ3n) is 2.25. The van der Waals surface area contributed by atoms with E-state index >= 15 is 0 Å². The van der Waals surface area contributed by atoms with Crippen LogP contribution in [0.4, 0.5) is 4.39 Å². The van der Waals surface area contributed by atoms with Crippen molar-refractivity contribution in [2.24, 2.45) is 5.10 Å². The first-order valence-electron chi connectivity index (χ1n) is 4.96. The van der Waals surface area contributed by atoms with Crippen molar-refractivity contribution < 1.29 is 4.39 Å². The van der Waals surface area contributed by atoms with Gasteiger partial charge in [-0.1, -0.05) is 17.7 Å². The molecule has 0 aliphatic rings. The standard InChI is InChI=1S/C11H10ClFN4/c1-7-15-16-8(2)17(7)14-6-9-10(12)4-3-5-11(9)13/h3-6H,1-2H3/b14-6+. The van der Waals surface area contributed by atoms with Gasteiger partial charge in [0.25, 0.3) is 0 Å². The van der Waals surface area contributed by atoms with Crippen molar-refractivity contribution in [1.29, 1.82) is 0 Å². The van der Waals surface area contributed by atoms with E-state index in [0.717, 1.165) is 0 Å². The molecule has 0 bridgehead atoms. The number of rotatable bonds is 2. The van der Waals surface area contributed by atoms with Crippen molar-refractivity contribution in [2.75, 3.05) is 0 Å². The summed E-state index contributed by atoms with van der Waals surface area (Å²) in [5.41, 5.74) is 0.252. The van der Waals surface area contributed by atoms with Gasteiger partial charge in [0.15, 0.2) is 11.6 Å². The van der Waals surface area contributed by atoms with Gasteiger partial charge in [0, 0.05) is 5.56 Å². The SMILES string of the molecule is Cc1nnc(C)n1/N=C/c1c(F)cccc1Cl. The lowest BCUT2D eigenvalue weighted by atomic mass is 10.2. The second kappa shape index (κ2) is 4.63. The summed E-state index contributed by atoms with van der Waals surface area (Å²) in [6.45, 7) is 3.53. The molecule has 6 heteroatoms. The lowest BCUT2D eigenvalue weighted by molar-refractivity contribution is 0.625. The molecule has 1 aromatic carbocycles. The zero-order valence-corrected chi connectivity index (χ0v) is 10.1. The van der Waals surface area contributed by atoms with E-state index in [-0.39, 0.29) is 5.56 Å². The van der Waals surface area contributed by atoms with Crippen LogP contribution in [0.1, 0.15) is 17.2 Å². The number of hydrogen-bond donors (Lipinski definition) is 0. The molecule has 0 aliphatic heterocycles. The van der Waals surface area contributed by atoms with E-state index in [2.05, 4.69) is 15.3 Å². The topological polar surface area (TPSA) is 43.1 Å². The molecule has 88 valence electrons. The minimum atomic E-state index is -0.412. The van der Waals surface area contributed by atoms with Gasteiger partial charge in [0.05, 0.1) is 11.2 Å². The Balaban J connectivity index is 2.39. The second-order valence-corrected chi connectivity index (χ2v) is 3.89. The molecule has 0 atom stereocenters. The number of aromatic nitrogens is 3. The summed E-state index contributed by atoms with van der Waals surface area (Å²) in [6.07, 6.45) is 1.36. The Morgan fingerprint density at radius 1 is 1.29 bits per heavy atom. The fourth-order valence-corrected chi connectivity index (χ4v) is 1.59. The van der Waals surface area contributed by atoms with Crippen molar-refractivity contribution in [1.82, 2.24) is 14.9 Å². The summed E-state index contributed by atoms with van der Waals surface area (Å²) >= 11 is 5.88. The summed E-state index contributed by atoms with van der Waals surface area (Å²) in [5.74, 6) is 0.849. The average Bonchev–Trinajstić information content (AvgIpc) is 2.59. The van der Waals surface area contributed by atoms with E-state index in [0.29, 0.717) is 16.7 Å². The van der Waals surface area contributed by atoms with E-state index < -0.39 is 5.82 Å². The van der Waals surface area contributed by atoms with Gasteiger partial charge in [0.2, 0.25) is 0 Å². The predicted molar refractivity (Wildman–Crippen MR) is 63.9 cm³/mol. The minimum absolute atomic E-state index is 0.252. The predicted octanol–water partition coefficient (Wildman–Crippen LogP) is 2.57. The van der Waals surface area contributed by atoms with Crippen LogP contribution in [0.5, 0.6) is 0 Å². The number of hydrogen-bond acceptors (Lipinski definition) is 3. The quantitative estimate of drug-likeness (QED) is 0.771. The normalized spacial score (nSPS) is 11.3. The van der Waals surface area contributed by atoms with Gasteiger partial charge in [-0.3, -0.25) is 0 Å². The molecule has 1 heterocycles. The molecule has 0 aliphatic carbocycles. The minimum Gasteiger partial charge on any atom is -0.206 e. The lowest BCUT2D eigenvalue weighted by Gasteiger charge is -2.00. The molecular weight excluding hydrogens is 243 g/mol. The summed E-state index contributed by atoms with van der Waals surface area (Å²) < 4.78 is 15.0. The van der Waals surface area contributed by atoms with E-state index in [1.807, 2.05) is 0 Å². The highest BCUT2D eigenvalue weighted by atomic mass is 35.5. The van der Waals surface area contributed by atoms with Gasteiger partial charge < -0.3 is 0 Å². The van der Waals surface area contributed by atoms with Crippen molar-refractivity contribution in [3.05, 3.63) is 46.3 Å². The third kappa shape index (κ3) is 2.34. The number of benzene rings is 1. The van der Waals surface area contributed by atoms with Crippen molar-refractivity contribution in [3.63, 3.8) is 0 Å². The van der Waals surface area contributed by atoms with Crippen LogP contribution in [-0.4, -0.2) is 21.1 Å². The summed E-state index contributed by atoms with van der Waals surface area (Å²) in [6, 6.07) is 4.49. The maximum atomic E-state index is 13.5. The van der Waals surface area contributed by atoms with Gasteiger partial charge in [0.1, 0.15) is 5.82 Å². The van der Waals surface area contributed by atoms with Crippen molar-refractivity contribution >= 4 is 17.8 Å². The highest BCUT2D eigenvalue weighted by molar-refractivity contribution is 6.33. The fourth-order valence-electron chi connectivity index (χ4n) is 1.38. The molecule has 0 fully saturated rings. The molecule has 1 aromatic heterocycles. The van der Waals surface area contributed by atoms with Crippen LogP contribution < -0.4 is 0 Å². The van der Waals surface area contributed by atoms with Crippen molar-refractivity contribution in [2.45, 2.75) is 13.8 Å². The van der Waals surface area contributed by atoms with Crippen LogP contribution in [-0.2, 0) is 0 Å². The second-order valence-electron chi connectivity index (χ2n) is 3.49. The number of nitrogens with zero attached hydrogens (tertiary/aromatic N) is 4. The first-order valence-corrected chi connectivity index (χ1v) is 5.34. The Hall–Kier alpha value is -1.75. The Labute approximate surface area is 103 Å². The molecule has 0 N–H and O–H groups in total. The van der Waals surface area contributed by atoms with Gasteiger partial charge in [-0.2, -0.15) is 5.10 Å². The van der Waals surface area contributed by atoms with Crippen LogP contribution in [0.15, 0.2) is 23.3 Å². The molecule has 2 aromatic rings. The molecule has 0 saturated heterocycles. The van der Waals surface area contributed by atoms with E-state index in [9.17, 15) is 4.39 Å². The van der Waals surface area contributed by atoms with E-state index in [1.54, 1.807) is 26.0 Å². The molecule has 17 heavy (non-hydrogen) atoms. The molecule has 2 rings (SSSR count). The smallest absolute Gasteiger partial charge is 0.151 e. The maximum Gasteiger partial charge on any atom is 0.151 e. The van der Waals surface area contributed by atoms with Crippen LogP contribution in [0, 0.1) is 19.7 Å². The first-order chi connectivity index (χ1) is 8.09. The van der Waals surface area contributed by atoms with Crippen LogP contribution in [0.2, 0.25) is 5.02 Å². The Kier molecular flexibility index (Phi) is 3.19. The van der Waals surface area contributed by atoms with Gasteiger partial charge >= 0.3 is 0 Å². The highest BCUT2D eigenvalue weighted by Gasteiger charge is 2.05. The van der Waals surface area contributed by atoms with Gasteiger partial charge in [-0.15, -0.1) is 10.2 Å². The van der Waals surface area contributed by atoms with Crippen molar-refractivity contribution in [3.8, 4) is 0 Å². The first kappa shape index (κ1) is 11.7. The largest absolute Gasteiger partial charge is 0.206 e. The number of halogens is 2. The maximum absolute atomic E-state index is 13.5. The molecule has 0 unspecified atom stereocenters. The summed E-state index contributed by atoms with van der Waals surface area (Å²) in [5, 5.41) is 12.1. The van der Waals surface area contributed by atoms with E-state index in [1.165, 1.54) is 17.0 Å². The molecule has 0 amide bonds. The summed E-state index contributed by atoms with van der Waals surface area (Å²) in [4.78, 5) is 0. The molecule has 4 nitrogen and oxygen atoms in total. The van der Waals surface area contributed by atoms with Crippen LogP contribution in [0.25, 0.3) is 0 Å². The summed E-state index contributed by atoms with van der Waals surface area (Å²) in [7, 11) is 0. The monoisotopic (exact) mass is 252 g/mol. The zero-order chi connectivity index (χ0) is 12.4. The Morgan fingerprint density at radius 3 is 2.53 bits per heavy atom. The van der Waals surface area contributed by atoms with E-state index in [4.69, 9.17) is 11.6 Å². The lowest BCUT2D eigenvalue weighted by Crippen LogP contribution is -1.98. The Morgan fingerprint density at radius 2 is 1.94 bits per heavy atom. The zero-order valence-electron chi connectivity index (χ0n) is 9.35. The fraction of sp³-hybridized carbons (Fsp3) is 0.182. The molecule has 0 saturated carbocycles. The average molecular weight is 253 g/mol. The highest BCUT2D eigenvalue weighted by Crippen LogP contribution is 2.16. The number of aryl methyl sites for hydroxylation is 2. The van der Waals surface area contributed by atoms with Crippen LogP contribution >= 0.6 is 11.6 Å². The Bertz CT molecular complexity index is 537. The molecule has 0 radical (unpaired) electrons. The molecule has 0 spiro atoms. The third-order valence-corrected chi connectivity index (χ3v) is 2.58. The molecular formula is C11H10ClFN4.